The number of alkyl halides is 3. The van der Waals surface area contributed by atoms with Crippen LogP contribution in [0.1, 0.15) is 6.92 Å². The maximum Gasteiger partial charge on any atom is 0.405 e. The van der Waals surface area contributed by atoms with Crippen molar-refractivity contribution in [2.75, 3.05) is 6.54 Å². The van der Waals surface area contributed by atoms with Gasteiger partial charge in [-0.1, -0.05) is 23.2 Å². The molecule has 124 valence electrons. The Kier molecular flexibility index (Phi) is 5.16. The fourth-order valence-electron chi connectivity index (χ4n) is 1.71. The Hall–Kier alpha value is -1.80. The maximum atomic E-state index is 12.1. The summed E-state index contributed by atoms with van der Waals surface area (Å²) in [4.78, 5) is 19.5. The molecule has 0 saturated heterocycles. The van der Waals surface area contributed by atoms with Crippen LogP contribution in [-0.2, 0) is 4.79 Å². The number of carbonyl (C=O) groups excluding carboxylic acids is 1. The van der Waals surface area contributed by atoms with Crippen molar-refractivity contribution in [3.8, 4) is 5.88 Å². The minimum Gasteiger partial charge on any atom is -0.464 e. The van der Waals surface area contributed by atoms with Gasteiger partial charge in [0.2, 0.25) is 5.88 Å². The summed E-state index contributed by atoms with van der Waals surface area (Å²) in [5.74, 6) is -0.934. The third-order valence-electron chi connectivity index (χ3n) is 2.74. The molecule has 2 aromatic rings. The summed E-state index contributed by atoms with van der Waals surface area (Å²) in [6, 6.07) is 2.96. The van der Waals surface area contributed by atoms with E-state index in [-0.39, 0.29) is 10.9 Å². The molecule has 1 heterocycles. The quantitative estimate of drug-likeness (QED) is 0.899. The van der Waals surface area contributed by atoms with E-state index in [0.29, 0.717) is 15.9 Å². The molecule has 0 aliphatic heterocycles. The highest BCUT2D eigenvalue weighted by Gasteiger charge is 2.29. The normalized spacial score (nSPS) is 13.0. The summed E-state index contributed by atoms with van der Waals surface area (Å²) in [6.45, 7) is -0.145. The lowest BCUT2D eigenvalue weighted by atomic mass is 10.2. The number of ether oxygens (including phenoxy) is 1. The molecule has 0 aliphatic rings. The smallest absolute Gasteiger partial charge is 0.405 e. The van der Waals surface area contributed by atoms with E-state index in [4.69, 9.17) is 27.9 Å². The summed E-state index contributed by atoms with van der Waals surface area (Å²) in [7, 11) is 0. The van der Waals surface area contributed by atoms with Gasteiger partial charge in [0.15, 0.2) is 6.10 Å². The molecule has 1 aromatic carbocycles. The Balaban J connectivity index is 2.20. The molecule has 1 N–H and O–H groups in total. The van der Waals surface area contributed by atoms with Crippen LogP contribution >= 0.6 is 23.2 Å². The molecule has 23 heavy (non-hydrogen) atoms. The van der Waals surface area contributed by atoms with Gasteiger partial charge in [-0.15, -0.1) is 0 Å². The van der Waals surface area contributed by atoms with Crippen molar-refractivity contribution in [1.82, 2.24) is 15.3 Å². The molecular weight excluding hydrogens is 358 g/mol. The van der Waals surface area contributed by atoms with Gasteiger partial charge in [0.1, 0.15) is 12.9 Å². The van der Waals surface area contributed by atoms with E-state index in [1.807, 2.05) is 0 Å². The molecule has 5 nitrogen and oxygen atoms in total. The van der Waals surface area contributed by atoms with Crippen molar-refractivity contribution in [1.29, 1.82) is 0 Å². The van der Waals surface area contributed by atoms with Crippen molar-refractivity contribution < 1.29 is 22.7 Å². The largest absolute Gasteiger partial charge is 0.464 e. The Morgan fingerprint density at radius 1 is 1.35 bits per heavy atom. The van der Waals surface area contributed by atoms with Crippen molar-refractivity contribution in [2.24, 2.45) is 0 Å². The van der Waals surface area contributed by atoms with E-state index >= 15 is 0 Å². The molecule has 1 atom stereocenters. The van der Waals surface area contributed by atoms with Gasteiger partial charge in [0, 0.05) is 5.02 Å². The monoisotopic (exact) mass is 367 g/mol. The van der Waals surface area contributed by atoms with E-state index in [9.17, 15) is 18.0 Å². The Morgan fingerprint density at radius 2 is 2.04 bits per heavy atom. The lowest BCUT2D eigenvalue weighted by Gasteiger charge is -2.16. The second kappa shape index (κ2) is 6.76. The van der Waals surface area contributed by atoms with Crippen LogP contribution in [0, 0.1) is 0 Å². The van der Waals surface area contributed by atoms with Crippen molar-refractivity contribution in [2.45, 2.75) is 19.2 Å². The molecule has 1 unspecified atom stereocenters. The second-order valence-electron chi connectivity index (χ2n) is 4.56. The minimum absolute atomic E-state index is 0.00550. The van der Waals surface area contributed by atoms with Gasteiger partial charge < -0.3 is 10.1 Å². The predicted octanol–water partition coefficient (Wildman–Crippen LogP) is 3.38. The summed E-state index contributed by atoms with van der Waals surface area (Å²) in [6.07, 6.45) is -4.54. The average Bonchev–Trinajstić information content (AvgIpc) is 2.44. The predicted molar refractivity (Wildman–Crippen MR) is 78.7 cm³/mol. The molecule has 0 spiro atoms. The Bertz CT molecular complexity index is 740. The van der Waals surface area contributed by atoms with Crippen LogP contribution in [-0.4, -0.2) is 34.7 Å². The standard InChI is InChI=1S/C13H10Cl2F3N3O2/c1-6(11(22)19-4-13(16,17)18)23-12-8-2-7(14)3-9(15)10(8)20-5-21-12/h2-3,5-6H,4H2,1H3,(H,19,22). The molecule has 0 aliphatic carbocycles. The van der Waals surface area contributed by atoms with Gasteiger partial charge in [-0.05, 0) is 19.1 Å². The third-order valence-corrected chi connectivity index (χ3v) is 3.25. The number of benzene rings is 1. The molecule has 0 radical (unpaired) electrons. The van der Waals surface area contributed by atoms with Gasteiger partial charge in [0.25, 0.3) is 5.91 Å². The van der Waals surface area contributed by atoms with E-state index in [1.165, 1.54) is 19.1 Å². The van der Waals surface area contributed by atoms with Crippen LogP contribution in [0.15, 0.2) is 18.5 Å². The zero-order valence-electron chi connectivity index (χ0n) is 11.6. The summed E-state index contributed by atoms with van der Waals surface area (Å²) in [5, 5.41) is 2.64. The number of hydrogen-bond acceptors (Lipinski definition) is 4. The maximum absolute atomic E-state index is 12.1. The summed E-state index contributed by atoms with van der Waals surface area (Å²) >= 11 is 11.9. The van der Waals surface area contributed by atoms with Gasteiger partial charge >= 0.3 is 6.18 Å². The molecule has 1 amide bonds. The van der Waals surface area contributed by atoms with E-state index in [1.54, 1.807) is 5.32 Å². The number of carbonyl (C=O) groups is 1. The number of halogens is 5. The molecule has 0 fully saturated rings. The first-order valence-corrected chi connectivity index (χ1v) is 7.04. The van der Waals surface area contributed by atoms with Crippen LogP contribution in [0.5, 0.6) is 5.88 Å². The molecule has 1 aromatic heterocycles. The van der Waals surface area contributed by atoms with E-state index < -0.39 is 24.7 Å². The number of nitrogens with zero attached hydrogens (tertiary/aromatic N) is 2. The number of amides is 1. The van der Waals surface area contributed by atoms with Crippen molar-refractivity contribution in [3.05, 3.63) is 28.5 Å². The van der Waals surface area contributed by atoms with Crippen molar-refractivity contribution in [3.63, 3.8) is 0 Å². The number of fused-ring (bicyclic) bond motifs is 1. The van der Waals surface area contributed by atoms with Gasteiger partial charge in [-0.2, -0.15) is 13.2 Å². The fourth-order valence-corrected chi connectivity index (χ4v) is 2.26. The molecule has 2 rings (SSSR count). The minimum atomic E-state index is -4.50. The van der Waals surface area contributed by atoms with Crippen LogP contribution < -0.4 is 10.1 Å². The number of hydrogen-bond donors (Lipinski definition) is 1. The first-order valence-electron chi connectivity index (χ1n) is 6.28. The van der Waals surface area contributed by atoms with E-state index in [0.717, 1.165) is 6.33 Å². The SMILES string of the molecule is CC(Oc1ncnc2c(Cl)cc(Cl)cc12)C(=O)NCC(F)(F)F. The lowest BCUT2D eigenvalue weighted by molar-refractivity contribution is -0.142. The molecule has 0 saturated carbocycles. The topological polar surface area (TPSA) is 64.1 Å². The molecule has 0 bridgehead atoms. The number of rotatable bonds is 4. The van der Waals surface area contributed by atoms with Crippen LogP contribution in [0.2, 0.25) is 10.0 Å². The Labute approximate surface area is 138 Å². The number of aromatic nitrogens is 2. The fraction of sp³-hybridized carbons (Fsp3) is 0.308. The van der Waals surface area contributed by atoms with Gasteiger partial charge in [-0.25, -0.2) is 9.97 Å². The first kappa shape index (κ1) is 17.6. The molecule has 10 heteroatoms. The summed E-state index contributed by atoms with van der Waals surface area (Å²) in [5.41, 5.74) is 0.351. The average molecular weight is 368 g/mol. The summed E-state index contributed by atoms with van der Waals surface area (Å²) < 4.78 is 41.6. The van der Waals surface area contributed by atoms with Crippen LogP contribution in [0.3, 0.4) is 0 Å². The molecular formula is C13H10Cl2F3N3O2. The van der Waals surface area contributed by atoms with Crippen LogP contribution in [0.25, 0.3) is 10.9 Å². The highest BCUT2D eigenvalue weighted by molar-refractivity contribution is 6.38. The highest BCUT2D eigenvalue weighted by atomic mass is 35.5. The third kappa shape index (κ3) is 4.59. The zero-order valence-corrected chi connectivity index (χ0v) is 13.1. The van der Waals surface area contributed by atoms with E-state index in [2.05, 4.69) is 9.97 Å². The first-order chi connectivity index (χ1) is 10.7. The lowest BCUT2D eigenvalue weighted by Crippen LogP contribution is -2.41. The second-order valence-corrected chi connectivity index (χ2v) is 5.40. The highest BCUT2D eigenvalue weighted by Crippen LogP contribution is 2.31. The van der Waals surface area contributed by atoms with Gasteiger partial charge in [0.05, 0.1) is 15.9 Å². The number of nitrogens with one attached hydrogen (secondary N) is 1. The van der Waals surface area contributed by atoms with Crippen molar-refractivity contribution >= 4 is 40.0 Å². The van der Waals surface area contributed by atoms with Crippen LogP contribution in [0.4, 0.5) is 13.2 Å². The van der Waals surface area contributed by atoms with Gasteiger partial charge in [-0.3, -0.25) is 4.79 Å². The Morgan fingerprint density at radius 3 is 2.70 bits per heavy atom. The zero-order chi connectivity index (χ0) is 17.2.